The average molecular weight is 463 g/mol. The van der Waals surface area contributed by atoms with Gasteiger partial charge in [0.15, 0.2) is 5.28 Å². The summed E-state index contributed by atoms with van der Waals surface area (Å²) in [6, 6.07) is 11.6. The molecule has 0 aromatic heterocycles. The minimum absolute atomic E-state index is 0.0158. The van der Waals surface area contributed by atoms with Gasteiger partial charge in [-0.25, -0.2) is 8.42 Å². The number of nitrogens with zero attached hydrogens (tertiary/aromatic N) is 5. The van der Waals surface area contributed by atoms with E-state index in [9.17, 15) is 28.5 Å². The van der Waals surface area contributed by atoms with E-state index < -0.39 is 33.6 Å². The van der Waals surface area contributed by atoms with Crippen molar-refractivity contribution in [3.63, 3.8) is 0 Å². The van der Waals surface area contributed by atoms with Gasteiger partial charge in [0.25, 0.3) is 18.1 Å². The molecule has 170 valence electrons. The first kappa shape index (κ1) is 23.1. The lowest BCUT2D eigenvalue weighted by atomic mass is 10.1. The van der Waals surface area contributed by atoms with Crippen LogP contribution in [0.1, 0.15) is 17.3 Å². The summed E-state index contributed by atoms with van der Waals surface area (Å²) in [5.74, 6) is -0.709. The van der Waals surface area contributed by atoms with Crippen molar-refractivity contribution < 1.29 is 27.8 Å². The maximum Gasteiger partial charge on any atom is 0.293 e. The Balaban J connectivity index is 2.06. The Kier molecular flexibility index (Phi) is 6.69. The summed E-state index contributed by atoms with van der Waals surface area (Å²) in [7, 11) is -2.92. The largest absolute Gasteiger partial charge is 0.597 e. The zero-order valence-electron chi connectivity index (χ0n) is 17.3. The lowest BCUT2D eigenvalue weighted by molar-refractivity contribution is -0.547. The summed E-state index contributed by atoms with van der Waals surface area (Å²) in [5, 5.41) is 26.0. The van der Waals surface area contributed by atoms with Gasteiger partial charge in [-0.3, -0.25) is 14.9 Å². The number of nitro benzene ring substituents is 1. The number of rotatable bonds is 7. The molecule has 0 bridgehead atoms. The Morgan fingerprint density at radius 1 is 1.19 bits per heavy atom. The molecule has 0 radical (unpaired) electrons. The second kappa shape index (κ2) is 9.28. The van der Waals surface area contributed by atoms with Crippen molar-refractivity contribution in [1.82, 2.24) is 9.21 Å². The van der Waals surface area contributed by atoms with Crippen LogP contribution in [-0.4, -0.2) is 60.1 Å². The average Bonchev–Trinajstić information content (AvgIpc) is 3.20. The van der Waals surface area contributed by atoms with Crippen molar-refractivity contribution in [1.29, 1.82) is 0 Å². The maximum absolute atomic E-state index is 13.4. The number of hydroxylamine groups is 1. The van der Waals surface area contributed by atoms with Crippen molar-refractivity contribution in [3.05, 3.63) is 75.0 Å². The minimum atomic E-state index is -4.06. The number of sulfonamides is 1. The summed E-state index contributed by atoms with van der Waals surface area (Å²) in [6.07, 6.45) is -1.18. The second-order valence-corrected chi connectivity index (χ2v) is 8.91. The smallest absolute Gasteiger partial charge is 0.293 e. The van der Waals surface area contributed by atoms with Gasteiger partial charge in [-0.15, -0.1) is 0 Å². The number of aryl methyl sites for hydroxylation is 1. The van der Waals surface area contributed by atoms with E-state index in [1.807, 2.05) is 6.92 Å². The van der Waals surface area contributed by atoms with Crippen LogP contribution in [-0.2, 0) is 19.7 Å². The molecule has 0 aliphatic carbocycles. The molecule has 1 unspecified atom stereocenters. The van der Waals surface area contributed by atoms with Crippen LogP contribution < -0.4 is 0 Å². The Labute approximate surface area is 184 Å². The third kappa shape index (κ3) is 4.68. The molecule has 1 atom stereocenters. The summed E-state index contributed by atoms with van der Waals surface area (Å²) < 4.78 is 27.9. The molecule has 1 fully saturated rings. The molecule has 1 saturated heterocycles. The predicted octanol–water partition coefficient (Wildman–Crippen LogP) is 1.96. The van der Waals surface area contributed by atoms with E-state index in [1.54, 1.807) is 12.1 Å². The molecular weight excluding hydrogens is 442 g/mol. The summed E-state index contributed by atoms with van der Waals surface area (Å²) in [5.41, 5.74) is 0.839. The van der Waals surface area contributed by atoms with Crippen molar-refractivity contribution >= 4 is 21.6 Å². The van der Waals surface area contributed by atoms with Gasteiger partial charge in [0, 0.05) is 25.2 Å². The van der Waals surface area contributed by atoms with E-state index >= 15 is 0 Å². The molecule has 1 aliphatic heterocycles. The third-order valence-corrected chi connectivity index (χ3v) is 6.77. The second-order valence-electron chi connectivity index (χ2n) is 7.02. The van der Waals surface area contributed by atoms with Crippen LogP contribution in [0.4, 0.5) is 5.69 Å². The van der Waals surface area contributed by atoms with Gasteiger partial charge in [0.05, 0.1) is 9.82 Å². The molecule has 0 spiro atoms. The number of carbonyl (C=O) groups excluding carboxylic acids is 1. The molecule has 1 aliphatic rings. The first-order valence-electron chi connectivity index (χ1n) is 9.46. The molecule has 2 aromatic rings. The highest BCUT2D eigenvalue weighted by molar-refractivity contribution is 7.89. The van der Waals surface area contributed by atoms with Gasteiger partial charge in [-0.2, -0.15) is 4.31 Å². The number of amides is 1. The first-order chi connectivity index (χ1) is 15.1. The number of non-ortho nitro benzene ring substituents is 1. The van der Waals surface area contributed by atoms with Gasteiger partial charge in [-0.1, -0.05) is 29.8 Å². The Morgan fingerprint density at radius 3 is 2.50 bits per heavy atom. The predicted molar refractivity (Wildman–Crippen MR) is 111 cm³/mol. The van der Waals surface area contributed by atoms with Gasteiger partial charge < -0.3 is 14.9 Å². The minimum Gasteiger partial charge on any atom is -0.597 e. The molecule has 32 heavy (non-hydrogen) atoms. The number of hydrogen-bond donors (Lipinski definition) is 0. The van der Waals surface area contributed by atoms with Crippen LogP contribution in [0.15, 0.2) is 58.7 Å². The summed E-state index contributed by atoms with van der Waals surface area (Å²) in [4.78, 5) is 29.0. The number of nitro groups is 1. The molecule has 12 nitrogen and oxygen atoms in total. The number of carbonyl (C=O) groups is 1. The van der Waals surface area contributed by atoms with Crippen molar-refractivity contribution in [2.45, 2.75) is 18.0 Å². The Hall–Kier alpha value is -3.58. The van der Waals surface area contributed by atoms with Crippen molar-refractivity contribution in [3.8, 4) is 0 Å². The summed E-state index contributed by atoms with van der Waals surface area (Å²) in [6.45, 7) is 1.03. The van der Waals surface area contributed by atoms with E-state index in [4.69, 9.17) is 0 Å². The van der Waals surface area contributed by atoms with E-state index in [1.165, 1.54) is 41.3 Å². The monoisotopic (exact) mass is 463 g/mol. The normalized spacial score (nSPS) is 17.4. The molecular formula is C19H21N5O7S. The lowest BCUT2D eigenvalue weighted by Gasteiger charge is -2.29. The van der Waals surface area contributed by atoms with E-state index in [0.717, 1.165) is 17.0 Å². The highest BCUT2D eigenvalue weighted by atomic mass is 32.2. The Morgan fingerprint density at radius 2 is 1.88 bits per heavy atom. The fourth-order valence-electron chi connectivity index (χ4n) is 3.44. The molecule has 0 saturated carbocycles. The van der Waals surface area contributed by atoms with Gasteiger partial charge >= 0.3 is 0 Å². The topological polar surface area (TPSA) is 148 Å². The highest BCUT2D eigenvalue weighted by Crippen LogP contribution is 2.36. The molecule has 3 rings (SSSR count). The van der Waals surface area contributed by atoms with Crippen LogP contribution in [0.2, 0.25) is 0 Å². The van der Waals surface area contributed by atoms with E-state index in [0.29, 0.717) is 0 Å². The van der Waals surface area contributed by atoms with Crippen molar-refractivity contribution in [2.75, 3.05) is 26.7 Å². The number of benzene rings is 2. The van der Waals surface area contributed by atoms with E-state index in [2.05, 4.69) is 10.1 Å². The van der Waals surface area contributed by atoms with Crippen LogP contribution in [0, 0.1) is 22.2 Å². The fraction of sp³-hybridized carbons (Fsp3) is 0.316. The van der Waals surface area contributed by atoms with Gasteiger partial charge in [0.1, 0.15) is 13.3 Å². The van der Waals surface area contributed by atoms with Crippen molar-refractivity contribution in [2.24, 2.45) is 5.28 Å². The maximum atomic E-state index is 13.4. The lowest BCUT2D eigenvalue weighted by Crippen LogP contribution is -2.40. The molecule has 1 amide bonds. The third-order valence-electron chi connectivity index (χ3n) is 4.90. The highest BCUT2D eigenvalue weighted by Gasteiger charge is 2.44. The first-order valence-corrected chi connectivity index (χ1v) is 10.9. The molecule has 2 aromatic carbocycles. The van der Waals surface area contributed by atoms with Gasteiger partial charge in [0.2, 0.25) is 10.0 Å². The van der Waals surface area contributed by atoms with Crippen LogP contribution in [0.5, 0.6) is 0 Å². The number of hydrogen-bond acceptors (Lipinski definition) is 8. The molecule has 13 heteroatoms. The standard InChI is InChI=1S/C19H21N5O7S/c1-14-6-8-17(9-7-14)32(29,30)22-11-10-21(18(25)13-23(26)20-31-2)19(22)15-4-3-5-16(12-15)24(27)28/h3-9,12,19H,10-11,13H2,1-2H3/b23-20-. The molecule has 0 N–H and O–H groups in total. The zero-order chi connectivity index (χ0) is 23.5. The quantitative estimate of drug-likeness (QED) is 0.264. The zero-order valence-corrected chi connectivity index (χ0v) is 18.1. The molecule has 1 heterocycles. The van der Waals surface area contributed by atoms with Gasteiger partial charge in [-0.05, 0) is 29.5 Å². The SMILES string of the molecule is CO/N=[N+](\[O-])CC(=O)N1CCN(S(=O)(=O)c2ccc(C)cc2)C1c1cccc([N+](=O)[O-])c1. The fourth-order valence-corrected chi connectivity index (χ4v) is 5.01. The summed E-state index contributed by atoms with van der Waals surface area (Å²) >= 11 is 0. The Bertz CT molecular complexity index is 1150. The van der Waals surface area contributed by atoms with Crippen LogP contribution in [0.3, 0.4) is 0 Å². The van der Waals surface area contributed by atoms with Crippen LogP contribution >= 0.6 is 0 Å². The van der Waals surface area contributed by atoms with E-state index in [-0.39, 0.29) is 34.1 Å². The van der Waals surface area contributed by atoms with Crippen LogP contribution in [0.25, 0.3) is 0 Å².